The van der Waals surface area contributed by atoms with Crippen molar-refractivity contribution in [1.29, 1.82) is 0 Å². The molecule has 1 unspecified atom stereocenters. The van der Waals surface area contributed by atoms with Gasteiger partial charge in [0.15, 0.2) is 11.6 Å². The second-order valence-corrected chi connectivity index (χ2v) is 7.65. The molecule has 2 aromatic carbocycles. The number of hydrogen-bond donors (Lipinski definition) is 2. The van der Waals surface area contributed by atoms with Gasteiger partial charge in [-0.1, -0.05) is 36.4 Å². The summed E-state index contributed by atoms with van der Waals surface area (Å²) in [5, 5.41) is 12.3. The Morgan fingerprint density at radius 3 is 2.20 bits per heavy atom. The molecule has 2 aromatic rings. The molecule has 0 saturated carbocycles. The summed E-state index contributed by atoms with van der Waals surface area (Å²) in [6.07, 6.45) is 1.67. The van der Waals surface area contributed by atoms with Crippen LogP contribution in [0.15, 0.2) is 71.1 Å². The fraction of sp³-hybridized carbons (Fsp3) is 0.167. The number of benzene rings is 2. The lowest BCUT2D eigenvalue weighted by atomic mass is 9.70. The van der Waals surface area contributed by atoms with Crippen LogP contribution in [0.25, 0.3) is 0 Å². The van der Waals surface area contributed by atoms with Gasteiger partial charge in [-0.05, 0) is 30.5 Å². The topological polar surface area (TPSA) is 101 Å². The first-order chi connectivity index (χ1) is 14.5. The molecule has 0 spiro atoms. The Balaban J connectivity index is 1.73. The second-order valence-electron chi connectivity index (χ2n) is 7.65. The smallest absolute Gasteiger partial charge is 0.335 e. The van der Waals surface area contributed by atoms with Crippen LogP contribution >= 0.6 is 0 Å². The van der Waals surface area contributed by atoms with Gasteiger partial charge >= 0.3 is 5.97 Å². The van der Waals surface area contributed by atoms with Gasteiger partial charge in [0.25, 0.3) is 0 Å². The van der Waals surface area contributed by atoms with Gasteiger partial charge < -0.3 is 10.4 Å². The van der Waals surface area contributed by atoms with E-state index >= 15 is 0 Å². The predicted molar refractivity (Wildman–Crippen MR) is 107 cm³/mol. The van der Waals surface area contributed by atoms with Gasteiger partial charge in [0.2, 0.25) is 5.78 Å². The van der Waals surface area contributed by atoms with Crippen LogP contribution in [0.2, 0.25) is 0 Å². The lowest BCUT2D eigenvalue weighted by Crippen LogP contribution is -2.40. The molecular weight excluding hydrogens is 382 g/mol. The van der Waals surface area contributed by atoms with Crippen molar-refractivity contribution in [3.8, 4) is 0 Å². The van der Waals surface area contributed by atoms with Gasteiger partial charge in [-0.15, -0.1) is 0 Å². The molecule has 2 N–H and O–H groups in total. The third-order valence-electron chi connectivity index (χ3n) is 5.96. The number of carbonyl (C=O) groups is 4. The summed E-state index contributed by atoms with van der Waals surface area (Å²) in [6, 6.07) is 12.8. The van der Waals surface area contributed by atoms with Crippen LogP contribution in [0.1, 0.15) is 61.8 Å². The first-order valence-corrected chi connectivity index (χ1v) is 9.76. The van der Waals surface area contributed by atoms with Crippen molar-refractivity contribution in [2.45, 2.75) is 25.2 Å². The molecule has 0 radical (unpaired) electrons. The van der Waals surface area contributed by atoms with Crippen molar-refractivity contribution in [3.05, 3.63) is 93.3 Å². The molecule has 2 aliphatic carbocycles. The van der Waals surface area contributed by atoms with Crippen molar-refractivity contribution < 1.29 is 24.3 Å². The molecule has 1 aliphatic heterocycles. The zero-order chi connectivity index (χ0) is 21.0. The SMILES string of the molecule is O=C1CCCC2=C1C(c1ccc(C(=O)O)cc1)C1=C(N2)C(=O)c2ccccc2C1=O. The largest absolute Gasteiger partial charge is 0.478 e. The predicted octanol–water partition coefficient (Wildman–Crippen LogP) is 3.41. The number of rotatable bonds is 2. The molecule has 6 nitrogen and oxygen atoms in total. The number of carbonyl (C=O) groups excluding carboxylic acids is 3. The molecular formula is C24H17NO5. The van der Waals surface area contributed by atoms with Crippen molar-refractivity contribution in [3.63, 3.8) is 0 Å². The Morgan fingerprint density at radius 2 is 1.53 bits per heavy atom. The van der Waals surface area contributed by atoms with Crippen LogP contribution in [0, 0.1) is 0 Å². The molecule has 0 amide bonds. The molecule has 30 heavy (non-hydrogen) atoms. The molecule has 1 atom stereocenters. The molecule has 5 rings (SSSR count). The van der Waals surface area contributed by atoms with E-state index in [1.807, 2.05) is 0 Å². The highest BCUT2D eigenvalue weighted by molar-refractivity contribution is 6.28. The number of dihydropyridines is 1. The zero-order valence-corrected chi connectivity index (χ0v) is 15.9. The number of fused-ring (bicyclic) bond motifs is 1. The summed E-state index contributed by atoms with van der Waals surface area (Å²) < 4.78 is 0. The van der Waals surface area contributed by atoms with Gasteiger partial charge in [-0.25, -0.2) is 4.79 Å². The number of hydrogen-bond acceptors (Lipinski definition) is 5. The van der Waals surface area contributed by atoms with Crippen LogP contribution in [-0.4, -0.2) is 28.4 Å². The minimum absolute atomic E-state index is 0.0540. The number of carboxylic acids is 1. The fourth-order valence-corrected chi connectivity index (χ4v) is 4.57. The highest BCUT2D eigenvalue weighted by Gasteiger charge is 2.44. The lowest BCUT2D eigenvalue weighted by Gasteiger charge is -2.36. The van der Waals surface area contributed by atoms with Crippen LogP contribution < -0.4 is 5.32 Å². The molecule has 0 bridgehead atoms. The van der Waals surface area contributed by atoms with Crippen molar-refractivity contribution in [2.24, 2.45) is 0 Å². The van der Waals surface area contributed by atoms with E-state index in [9.17, 15) is 24.3 Å². The Morgan fingerprint density at radius 1 is 0.867 bits per heavy atom. The molecule has 0 aromatic heterocycles. The van der Waals surface area contributed by atoms with E-state index in [4.69, 9.17) is 0 Å². The van der Waals surface area contributed by atoms with Gasteiger partial charge in [0, 0.05) is 40.3 Å². The number of carboxylic acid groups (broad SMARTS) is 1. The highest BCUT2D eigenvalue weighted by atomic mass is 16.4. The van der Waals surface area contributed by atoms with E-state index in [-0.39, 0.29) is 34.2 Å². The monoisotopic (exact) mass is 399 g/mol. The maximum absolute atomic E-state index is 13.5. The van der Waals surface area contributed by atoms with Gasteiger partial charge in [0.05, 0.1) is 11.3 Å². The summed E-state index contributed by atoms with van der Waals surface area (Å²) in [7, 11) is 0. The van der Waals surface area contributed by atoms with Crippen LogP contribution in [0.4, 0.5) is 0 Å². The van der Waals surface area contributed by atoms with E-state index in [0.29, 0.717) is 47.2 Å². The number of nitrogens with one attached hydrogen (secondary N) is 1. The highest BCUT2D eigenvalue weighted by Crippen LogP contribution is 2.45. The Kier molecular flexibility index (Phi) is 4.03. The fourth-order valence-electron chi connectivity index (χ4n) is 4.57. The van der Waals surface area contributed by atoms with Gasteiger partial charge in [0.1, 0.15) is 0 Å². The lowest BCUT2D eigenvalue weighted by molar-refractivity contribution is -0.116. The number of Topliss-reactive ketones (excluding diaryl/α,β-unsaturated/α-hetero) is 3. The normalized spacial score (nSPS) is 20.4. The summed E-state index contributed by atoms with van der Waals surface area (Å²) >= 11 is 0. The number of allylic oxidation sites excluding steroid dienone is 4. The second kappa shape index (κ2) is 6.62. The van der Waals surface area contributed by atoms with E-state index in [1.165, 1.54) is 12.1 Å². The van der Waals surface area contributed by atoms with Crippen molar-refractivity contribution >= 4 is 23.3 Å². The quantitative estimate of drug-likeness (QED) is 0.803. The van der Waals surface area contributed by atoms with Crippen LogP contribution in [0.3, 0.4) is 0 Å². The van der Waals surface area contributed by atoms with E-state index in [0.717, 1.165) is 0 Å². The Bertz CT molecular complexity index is 1220. The molecule has 0 fully saturated rings. The standard InChI is InChI=1S/C24H17NO5/c26-17-7-3-6-16-19(17)18(12-8-10-13(11-9-12)24(29)30)20-21(25-16)23(28)15-5-2-1-4-14(15)22(20)27/h1-2,4-5,8-11,18,25H,3,6-7H2,(H,29,30). The van der Waals surface area contributed by atoms with E-state index in [1.54, 1.807) is 36.4 Å². The first-order valence-electron chi connectivity index (χ1n) is 9.76. The van der Waals surface area contributed by atoms with Crippen LogP contribution in [-0.2, 0) is 4.79 Å². The Hall–Kier alpha value is -3.80. The molecule has 1 heterocycles. The van der Waals surface area contributed by atoms with E-state index < -0.39 is 11.9 Å². The maximum atomic E-state index is 13.5. The molecule has 148 valence electrons. The average molecular weight is 399 g/mol. The third kappa shape index (κ3) is 2.57. The average Bonchev–Trinajstić information content (AvgIpc) is 2.76. The van der Waals surface area contributed by atoms with Crippen molar-refractivity contribution in [2.75, 3.05) is 0 Å². The minimum atomic E-state index is -1.06. The van der Waals surface area contributed by atoms with Crippen molar-refractivity contribution in [1.82, 2.24) is 5.32 Å². The first kappa shape index (κ1) is 18.2. The summed E-state index contributed by atoms with van der Waals surface area (Å²) in [5.41, 5.74) is 3.07. The number of ketones is 3. The maximum Gasteiger partial charge on any atom is 0.335 e. The van der Waals surface area contributed by atoms with Gasteiger partial charge in [-0.3, -0.25) is 14.4 Å². The van der Waals surface area contributed by atoms with Crippen LogP contribution in [0.5, 0.6) is 0 Å². The molecule has 3 aliphatic rings. The number of aromatic carboxylic acids is 1. The summed E-state index contributed by atoms with van der Waals surface area (Å²) in [4.78, 5) is 50.8. The third-order valence-corrected chi connectivity index (χ3v) is 5.96. The molecule has 6 heteroatoms. The van der Waals surface area contributed by atoms with E-state index in [2.05, 4.69) is 5.32 Å². The minimum Gasteiger partial charge on any atom is -0.478 e. The van der Waals surface area contributed by atoms with Gasteiger partial charge in [-0.2, -0.15) is 0 Å². The zero-order valence-electron chi connectivity index (χ0n) is 15.9. The summed E-state index contributed by atoms with van der Waals surface area (Å²) in [5.74, 6) is -2.36. The Labute approximate surface area is 171 Å². The molecule has 0 saturated heterocycles. The summed E-state index contributed by atoms with van der Waals surface area (Å²) in [6.45, 7) is 0.